The summed E-state index contributed by atoms with van der Waals surface area (Å²) in [4.78, 5) is 32.2. The monoisotopic (exact) mass is 334 g/mol. The second kappa shape index (κ2) is 7.22. The lowest BCUT2D eigenvalue weighted by molar-refractivity contribution is 0.0725. The number of ether oxygens (including phenoxy) is 1. The van der Waals surface area contributed by atoms with Crippen molar-refractivity contribution in [2.45, 2.75) is 0 Å². The third kappa shape index (κ3) is 3.97. The van der Waals surface area contributed by atoms with E-state index in [2.05, 4.69) is 15.3 Å². The number of anilines is 2. The van der Waals surface area contributed by atoms with Gasteiger partial charge in [-0.05, 0) is 24.3 Å². The second-order valence-electron chi connectivity index (χ2n) is 5.02. The van der Waals surface area contributed by atoms with Crippen LogP contribution >= 0.6 is 0 Å². The van der Waals surface area contributed by atoms with Crippen molar-refractivity contribution in [2.75, 3.05) is 11.1 Å². The smallest absolute Gasteiger partial charge is 0.344 e. The van der Waals surface area contributed by atoms with Crippen molar-refractivity contribution < 1.29 is 14.3 Å². The summed E-state index contributed by atoms with van der Waals surface area (Å²) < 4.78 is 5.15. The molecular formula is C18H14N4O3. The molecule has 25 heavy (non-hydrogen) atoms. The molecule has 7 nitrogen and oxygen atoms in total. The molecule has 0 saturated heterocycles. The first-order valence-electron chi connectivity index (χ1n) is 7.39. The van der Waals surface area contributed by atoms with E-state index >= 15 is 0 Å². The van der Waals surface area contributed by atoms with Gasteiger partial charge in [-0.15, -0.1) is 0 Å². The Bertz CT molecular complexity index is 899. The quantitative estimate of drug-likeness (QED) is 0.710. The molecular weight excluding hydrogens is 320 g/mol. The summed E-state index contributed by atoms with van der Waals surface area (Å²) in [6.45, 7) is 0. The van der Waals surface area contributed by atoms with E-state index in [1.807, 2.05) is 6.07 Å². The summed E-state index contributed by atoms with van der Waals surface area (Å²) in [5.74, 6) is -1.32. The van der Waals surface area contributed by atoms with E-state index in [9.17, 15) is 9.59 Å². The fourth-order valence-corrected chi connectivity index (χ4v) is 2.04. The van der Waals surface area contributed by atoms with Crippen molar-refractivity contribution in [1.82, 2.24) is 9.97 Å². The summed E-state index contributed by atoms with van der Waals surface area (Å²) in [5.41, 5.74) is 6.53. The number of carbonyl (C=O) groups is 2. The van der Waals surface area contributed by atoms with Gasteiger partial charge in [-0.2, -0.15) is 0 Å². The summed E-state index contributed by atoms with van der Waals surface area (Å²) >= 11 is 0. The molecule has 3 rings (SSSR count). The Morgan fingerprint density at radius 2 is 1.60 bits per heavy atom. The number of hydrogen-bond donors (Lipinski definition) is 2. The van der Waals surface area contributed by atoms with Crippen LogP contribution in [0.4, 0.5) is 11.5 Å². The predicted octanol–water partition coefficient (Wildman–Crippen LogP) is 2.53. The number of benzene rings is 2. The fourth-order valence-electron chi connectivity index (χ4n) is 2.04. The van der Waals surface area contributed by atoms with Crippen LogP contribution in [0.5, 0.6) is 5.88 Å². The normalized spacial score (nSPS) is 10.1. The van der Waals surface area contributed by atoms with Crippen LogP contribution in [-0.4, -0.2) is 21.8 Å². The molecule has 3 N–H and O–H groups in total. The van der Waals surface area contributed by atoms with Crippen molar-refractivity contribution in [3.63, 3.8) is 0 Å². The SMILES string of the molecule is Nc1ncc(OC(=O)c2ccccc2)nc1C(=O)Nc1ccccc1. The average Bonchev–Trinajstić information content (AvgIpc) is 2.64. The number of hydrogen-bond acceptors (Lipinski definition) is 6. The van der Waals surface area contributed by atoms with Crippen LogP contribution in [0.25, 0.3) is 0 Å². The summed E-state index contributed by atoms with van der Waals surface area (Å²) in [5, 5.41) is 2.65. The van der Waals surface area contributed by atoms with Gasteiger partial charge < -0.3 is 15.8 Å². The zero-order chi connectivity index (χ0) is 17.6. The Kier molecular flexibility index (Phi) is 4.66. The predicted molar refractivity (Wildman–Crippen MR) is 92.2 cm³/mol. The first-order chi connectivity index (χ1) is 12.1. The zero-order valence-electron chi connectivity index (χ0n) is 13.0. The van der Waals surface area contributed by atoms with Crippen molar-refractivity contribution in [3.05, 3.63) is 78.1 Å². The molecule has 3 aromatic rings. The molecule has 1 aromatic heterocycles. The number of nitrogen functional groups attached to an aromatic ring is 1. The van der Waals surface area contributed by atoms with E-state index < -0.39 is 11.9 Å². The molecule has 0 atom stereocenters. The lowest BCUT2D eigenvalue weighted by Crippen LogP contribution is -2.18. The third-order valence-corrected chi connectivity index (χ3v) is 3.23. The second-order valence-corrected chi connectivity index (χ2v) is 5.02. The van der Waals surface area contributed by atoms with E-state index in [0.717, 1.165) is 0 Å². The number of nitrogens with one attached hydrogen (secondary N) is 1. The Hall–Kier alpha value is -3.74. The van der Waals surface area contributed by atoms with Crippen LogP contribution in [0.2, 0.25) is 0 Å². The minimum absolute atomic E-state index is 0.0621. The number of para-hydroxylation sites is 1. The molecule has 0 spiro atoms. The highest BCUT2D eigenvalue weighted by Gasteiger charge is 2.17. The number of aromatic nitrogens is 2. The highest BCUT2D eigenvalue weighted by molar-refractivity contribution is 6.05. The highest BCUT2D eigenvalue weighted by atomic mass is 16.5. The molecule has 7 heteroatoms. The Morgan fingerprint density at radius 1 is 0.960 bits per heavy atom. The van der Waals surface area contributed by atoms with Gasteiger partial charge in [-0.1, -0.05) is 36.4 Å². The molecule has 1 heterocycles. The molecule has 0 radical (unpaired) electrons. The maximum atomic E-state index is 12.3. The molecule has 0 aliphatic carbocycles. The molecule has 0 bridgehead atoms. The minimum Gasteiger partial charge on any atom is -0.402 e. The number of nitrogens with zero attached hydrogens (tertiary/aromatic N) is 2. The van der Waals surface area contributed by atoms with Gasteiger partial charge in [0, 0.05) is 5.69 Å². The summed E-state index contributed by atoms with van der Waals surface area (Å²) in [6.07, 6.45) is 1.19. The zero-order valence-corrected chi connectivity index (χ0v) is 13.0. The number of esters is 1. The highest BCUT2D eigenvalue weighted by Crippen LogP contribution is 2.15. The van der Waals surface area contributed by atoms with Gasteiger partial charge in [-0.25, -0.2) is 14.8 Å². The molecule has 124 valence electrons. The van der Waals surface area contributed by atoms with E-state index in [1.165, 1.54) is 6.20 Å². The third-order valence-electron chi connectivity index (χ3n) is 3.23. The molecule has 2 aromatic carbocycles. The minimum atomic E-state index is -0.603. The number of carbonyl (C=O) groups excluding carboxylic acids is 2. The van der Waals surface area contributed by atoms with Crippen LogP contribution in [-0.2, 0) is 0 Å². The lowest BCUT2D eigenvalue weighted by Gasteiger charge is -2.08. The topological polar surface area (TPSA) is 107 Å². The summed E-state index contributed by atoms with van der Waals surface area (Å²) in [7, 11) is 0. The molecule has 0 aliphatic heterocycles. The van der Waals surface area contributed by atoms with Crippen molar-refractivity contribution in [1.29, 1.82) is 0 Å². The molecule has 0 unspecified atom stereocenters. The van der Waals surface area contributed by atoms with Crippen molar-refractivity contribution in [2.24, 2.45) is 0 Å². The van der Waals surface area contributed by atoms with E-state index in [1.54, 1.807) is 54.6 Å². The van der Waals surface area contributed by atoms with Gasteiger partial charge >= 0.3 is 5.97 Å². The number of amides is 1. The molecule has 0 saturated carbocycles. The van der Waals surface area contributed by atoms with Crippen molar-refractivity contribution >= 4 is 23.4 Å². The van der Waals surface area contributed by atoms with Gasteiger partial charge in [-0.3, -0.25) is 4.79 Å². The molecule has 0 aliphatic rings. The van der Waals surface area contributed by atoms with E-state index in [-0.39, 0.29) is 17.4 Å². The van der Waals surface area contributed by atoms with Crippen LogP contribution in [0.1, 0.15) is 20.8 Å². The Labute approximate surface area is 143 Å². The first-order valence-corrected chi connectivity index (χ1v) is 7.39. The number of nitrogens with two attached hydrogens (primary N) is 1. The maximum Gasteiger partial charge on any atom is 0.344 e. The van der Waals surface area contributed by atoms with Gasteiger partial charge in [0.1, 0.15) is 0 Å². The standard InChI is InChI=1S/C18H14N4O3/c19-16-15(17(23)21-13-9-5-2-6-10-13)22-14(11-20-16)25-18(24)12-7-3-1-4-8-12/h1-11H,(H2,19,20)(H,21,23). The maximum absolute atomic E-state index is 12.3. The van der Waals surface area contributed by atoms with Gasteiger partial charge in [0.2, 0.25) is 5.88 Å². The van der Waals surface area contributed by atoms with Gasteiger partial charge in [0.25, 0.3) is 5.91 Å². The van der Waals surface area contributed by atoms with Crippen LogP contribution in [0, 0.1) is 0 Å². The average molecular weight is 334 g/mol. The van der Waals surface area contributed by atoms with E-state index in [4.69, 9.17) is 10.5 Å². The molecule has 0 fully saturated rings. The Morgan fingerprint density at radius 3 is 2.28 bits per heavy atom. The molecule has 1 amide bonds. The van der Waals surface area contributed by atoms with Crippen LogP contribution < -0.4 is 15.8 Å². The van der Waals surface area contributed by atoms with Crippen molar-refractivity contribution in [3.8, 4) is 5.88 Å². The summed E-state index contributed by atoms with van der Waals surface area (Å²) in [6, 6.07) is 17.3. The van der Waals surface area contributed by atoms with Gasteiger partial charge in [0.15, 0.2) is 11.5 Å². The number of rotatable bonds is 4. The van der Waals surface area contributed by atoms with Crippen LogP contribution in [0.15, 0.2) is 66.9 Å². The Balaban J connectivity index is 1.78. The lowest BCUT2D eigenvalue weighted by atomic mass is 10.2. The first kappa shape index (κ1) is 16.1. The van der Waals surface area contributed by atoms with Gasteiger partial charge in [0.05, 0.1) is 11.8 Å². The largest absolute Gasteiger partial charge is 0.402 e. The fraction of sp³-hybridized carbons (Fsp3) is 0. The van der Waals surface area contributed by atoms with E-state index in [0.29, 0.717) is 11.3 Å². The van der Waals surface area contributed by atoms with Crippen LogP contribution in [0.3, 0.4) is 0 Å².